The van der Waals surface area contributed by atoms with Crippen LogP contribution in [0.5, 0.6) is 5.75 Å². The number of ether oxygens (including phenoxy) is 1. The van der Waals surface area contributed by atoms with Crippen LogP contribution < -0.4 is 10.1 Å². The number of rotatable bonds is 5. The number of benzene rings is 2. The second kappa shape index (κ2) is 7.84. The van der Waals surface area contributed by atoms with Crippen LogP contribution in [-0.2, 0) is 19.2 Å². The minimum atomic E-state index is -4.35. The van der Waals surface area contributed by atoms with E-state index in [1.54, 1.807) is 6.07 Å². The van der Waals surface area contributed by atoms with Crippen LogP contribution in [0.3, 0.4) is 0 Å². The Hall–Kier alpha value is -2.45. The highest BCUT2D eigenvalue weighted by molar-refractivity contribution is 5.43. The summed E-state index contributed by atoms with van der Waals surface area (Å²) in [6, 6.07) is 11.3. The van der Waals surface area contributed by atoms with Crippen LogP contribution in [0.4, 0.5) is 13.2 Å². The molecule has 0 bridgehead atoms. The number of fused-ring (bicyclic) bond motifs is 1. The third-order valence-corrected chi connectivity index (χ3v) is 4.56. The van der Waals surface area contributed by atoms with Crippen LogP contribution in [0.1, 0.15) is 41.1 Å². The van der Waals surface area contributed by atoms with E-state index in [0.29, 0.717) is 12.1 Å². The van der Waals surface area contributed by atoms with E-state index in [1.807, 2.05) is 12.1 Å². The lowest BCUT2D eigenvalue weighted by Gasteiger charge is -2.27. The molecule has 0 aliphatic heterocycles. The fourth-order valence-electron chi connectivity index (χ4n) is 3.34. The van der Waals surface area contributed by atoms with Crippen LogP contribution in [0, 0.1) is 12.3 Å². The van der Waals surface area contributed by atoms with Gasteiger partial charge in [0, 0.05) is 6.04 Å². The SMILES string of the molecule is C#CCNC1CCCc2c(OCc3cccc(C(F)(F)F)c3)cccc21. The third-order valence-electron chi connectivity index (χ3n) is 4.56. The molecule has 1 aliphatic rings. The van der Waals surface area contributed by atoms with E-state index in [-0.39, 0.29) is 12.6 Å². The number of terminal acetylenes is 1. The molecule has 2 aromatic rings. The summed E-state index contributed by atoms with van der Waals surface area (Å²) in [6.07, 6.45) is 3.89. The number of halogens is 3. The second-order valence-electron chi connectivity index (χ2n) is 6.34. The van der Waals surface area contributed by atoms with Gasteiger partial charge in [0.25, 0.3) is 0 Å². The van der Waals surface area contributed by atoms with Crippen molar-refractivity contribution in [2.24, 2.45) is 0 Å². The van der Waals surface area contributed by atoms with Gasteiger partial charge in [-0.3, -0.25) is 5.32 Å². The summed E-state index contributed by atoms with van der Waals surface area (Å²) < 4.78 is 44.4. The van der Waals surface area contributed by atoms with Gasteiger partial charge in [0.15, 0.2) is 0 Å². The second-order valence-corrected chi connectivity index (χ2v) is 6.34. The molecular formula is C21H20F3NO. The maximum absolute atomic E-state index is 12.8. The van der Waals surface area contributed by atoms with Gasteiger partial charge in [-0.05, 0) is 54.2 Å². The number of nitrogens with one attached hydrogen (secondary N) is 1. The molecule has 0 spiro atoms. The molecule has 0 amide bonds. The van der Waals surface area contributed by atoms with Gasteiger partial charge in [0.2, 0.25) is 0 Å². The Morgan fingerprint density at radius 1 is 1.19 bits per heavy atom. The predicted octanol–water partition coefficient (Wildman–Crippen LogP) is 4.88. The largest absolute Gasteiger partial charge is 0.489 e. The fourth-order valence-corrected chi connectivity index (χ4v) is 3.34. The lowest BCUT2D eigenvalue weighted by atomic mass is 9.87. The minimum absolute atomic E-state index is 0.100. The topological polar surface area (TPSA) is 21.3 Å². The predicted molar refractivity (Wildman–Crippen MR) is 94.7 cm³/mol. The number of alkyl halides is 3. The average Bonchev–Trinajstić information content (AvgIpc) is 2.64. The van der Waals surface area contributed by atoms with Gasteiger partial charge < -0.3 is 4.74 Å². The lowest BCUT2D eigenvalue weighted by molar-refractivity contribution is -0.137. The molecule has 0 radical (unpaired) electrons. The molecule has 5 heteroatoms. The monoisotopic (exact) mass is 359 g/mol. The van der Waals surface area contributed by atoms with Crippen molar-refractivity contribution >= 4 is 0 Å². The van der Waals surface area contributed by atoms with Gasteiger partial charge in [0.1, 0.15) is 12.4 Å². The molecule has 0 heterocycles. The molecule has 1 atom stereocenters. The Morgan fingerprint density at radius 3 is 2.77 bits per heavy atom. The maximum Gasteiger partial charge on any atom is 0.416 e. The summed E-state index contributed by atoms with van der Waals surface area (Å²) in [7, 11) is 0. The normalized spacial score (nSPS) is 16.6. The standard InChI is InChI=1S/C21H20F3NO/c1-2-12-25-19-10-4-9-18-17(19)8-5-11-20(18)26-14-15-6-3-7-16(13-15)21(22,23)24/h1,3,5-8,11,13,19,25H,4,9-10,12,14H2. The van der Waals surface area contributed by atoms with Crippen LogP contribution in [0.2, 0.25) is 0 Å². The highest BCUT2D eigenvalue weighted by Crippen LogP contribution is 2.36. The van der Waals surface area contributed by atoms with E-state index in [4.69, 9.17) is 11.2 Å². The molecule has 1 unspecified atom stereocenters. The Balaban J connectivity index is 1.76. The number of hydrogen-bond donors (Lipinski definition) is 1. The van der Waals surface area contributed by atoms with Gasteiger partial charge in [-0.25, -0.2) is 0 Å². The molecule has 2 nitrogen and oxygen atoms in total. The highest BCUT2D eigenvalue weighted by atomic mass is 19.4. The van der Waals surface area contributed by atoms with Gasteiger partial charge in [-0.1, -0.05) is 30.2 Å². The van der Waals surface area contributed by atoms with E-state index in [1.165, 1.54) is 6.07 Å². The average molecular weight is 359 g/mol. The smallest absolute Gasteiger partial charge is 0.416 e. The van der Waals surface area contributed by atoms with Gasteiger partial charge >= 0.3 is 6.18 Å². The maximum atomic E-state index is 12.8. The summed E-state index contributed by atoms with van der Waals surface area (Å²) in [4.78, 5) is 0. The van der Waals surface area contributed by atoms with Crippen molar-refractivity contribution in [2.45, 2.75) is 38.1 Å². The first-order chi connectivity index (χ1) is 12.5. The first-order valence-corrected chi connectivity index (χ1v) is 8.56. The van der Waals surface area contributed by atoms with Crippen molar-refractivity contribution in [3.05, 3.63) is 64.7 Å². The van der Waals surface area contributed by atoms with Crippen molar-refractivity contribution < 1.29 is 17.9 Å². The Morgan fingerprint density at radius 2 is 2.00 bits per heavy atom. The van der Waals surface area contributed by atoms with Crippen molar-refractivity contribution in [2.75, 3.05) is 6.54 Å². The fraction of sp³-hybridized carbons (Fsp3) is 0.333. The molecule has 0 fully saturated rings. The first-order valence-electron chi connectivity index (χ1n) is 8.56. The zero-order chi connectivity index (χ0) is 18.6. The van der Waals surface area contributed by atoms with Crippen LogP contribution >= 0.6 is 0 Å². The molecule has 26 heavy (non-hydrogen) atoms. The molecule has 3 rings (SSSR count). The van der Waals surface area contributed by atoms with Crippen molar-refractivity contribution in [1.29, 1.82) is 0 Å². The molecule has 0 saturated carbocycles. The number of hydrogen-bond acceptors (Lipinski definition) is 2. The Kier molecular flexibility index (Phi) is 5.53. The first kappa shape index (κ1) is 18.3. The molecule has 1 N–H and O–H groups in total. The summed E-state index contributed by atoms with van der Waals surface area (Å²) in [6.45, 7) is 0.599. The van der Waals surface area contributed by atoms with Gasteiger partial charge in [0.05, 0.1) is 12.1 Å². The van der Waals surface area contributed by atoms with E-state index in [0.717, 1.165) is 48.3 Å². The summed E-state index contributed by atoms with van der Waals surface area (Å²) >= 11 is 0. The molecule has 1 aliphatic carbocycles. The van der Waals surface area contributed by atoms with Gasteiger partial charge in [-0.15, -0.1) is 6.42 Å². The highest BCUT2D eigenvalue weighted by Gasteiger charge is 2.30. The molecule has 136 valence electrons. The third kappa shape index (κ3) is 4.20. The van der Waals surface area contributed by atoms with Crippen molar-refractivity contribution in [1.82, 2.24) is 5.32 Å². The van der Waals surface area contributed by atoms with Gasteiger partial charge in [-0.2, -0.15) is 13.2 Å². The Labute approximate surface area is 151 Å². The molecule has 2 aromatic carbocycles. The van der Waals surface area contributed by atoms with Crippen molar-refractivity contribution in [3.63, 3.8) is 0 Å². The molecule has 0 aromatic heterocycles. The zero-order valence-electron chi connectivity index (χ0n) is 14.3. The van der Waals surface area contributed by atoms with E-state index in [2.05, 4.69) is 17.3 Å². The molecule has 0 saturated heterocycles. The van der Waals surface area contributed by atoms with Crippen molar-refractivity contribution in [3.8, 4) is 18.1 Å². The molecular weight excluding hydrogens is 339 g/mol. The van der Waals surface area contributed by atoms with Crippen LogP contribution in [0.25, 0.3) is 0 Å². The van der Waals surface area contributed by atoms with Crippen LogP contribution in [0.15, 0.2) is 42.5 Å². The van der Waals surface area contributed by atoms with E-state index >= 15 is 0 Å². The summed E-state index contributed by atoms with van der Waals surface area (Å²) in [5, 5.41) is 3.34. The lowest BCUT2D eigenvalue weighted by Crippen LogP contribution is -2.25. The zero-order valence-corrected chi connectivity index (χ0v) is 14.3. The van der Waals surface area contributed by atoms with Crippen LogP contribution in [-0.4, -0.2) is 6.54 Å². The van der Waals surface area contributed by atoms with E-state index < -0.39 is 11.7 Å². The quantitative estimate of drug-likeness (QED) is 0.768. The Bertz CT molecular complexity index is 808. The summed E-state index contributed by atoms with van der Waals surface area (Å²) in [5.41, 5.74) is 2.11. The summed E-state index contributed by atoms with van der Waals surface area (Å²) in [5.74, 6) is 3.32. The minimum Gasteiger partial charge on any atom is -0.489 e. The van der Waals surface area contributed by atoms with E-state index in [9.17, 15) is 13.2 Å².